The molecule has 0 bridgehead atoms. The largest absolute Gasteiger partial charge is 0.369 e. The molecule has 0 saturated carbocycles. The number of nitrogens with zero attached hydrogens (tertiary/aromatic N) is 5. The maximum atomic E-state index is 12.3. The number of amides is 1. The van der Waals surface area contributed by atoms with E-state index in [4.69, 9.17) is 23.2 Å². The highest BCUT2D eigenvalue weighted by Crippen LogP contribution is 2.26. The van der Waals surface area contributed by atoms with E-state index in [0.717, 1.165) is 26.2 Å². The van der Waals surface area contributed by atoms with Gasteiger partial charge in [0.2, 0.25) is 5.91 Å². The Hall–Kier alpha value is -2.87. The number of benzene rings is 2. The van der Waals surface area contributed by atoms with E-state index in [1.54, 1.807) is 10.7 Å². The molecular weight excluding hydrogens is 459 g/mol. The van der Waals surface area contributed by atoms with Crippen molar-refractivity contribution in [3.8, 4) is 5.69 Å². The predicted molar refractivity (Wildman–Crippen MR) is 134 cm³/mol. The number of carbonyl (C=O) groups is 1. The molecule has 1 saturated heterocycles. The van der Waals surface area contributed by atoms with E-state index in [9.17, 15) is 4.79 Å². The lowest BCUT2D eigenvalue weighted by Gasteiger charge is -2.36. The summed E-state index contributed by atoms with van der Waals surface area (Å²) in [5, 5.41) is 9.47. The molecule has 1 aromatic heterocycles. The lowest BCUT2D eigenvalue weighted by molar-refractivity contribution is -0.121. The van der Waals surface area contributed by atoms with Gasteiger partial charge in [-0.3, -0.25) is 9.69 Å². The molecule has 7 nitrogen and oxygen atoms in total. The van der Waals surface area contributed by atoms with Crippen LogP contribution in [0.15, 0.2) is 59.7 Å². The van der Waals surface area contributed by atoms with Gasteiger partial charge in [-0.2, -0.15) is 10.2 Å². The van der Waals surface area contributed by atoms with Gasteiger partial charge in [0.15, 0.2) is 0 Å². The predicted octanol–water partition coefficient (Wildman–Crippen LogP) is 4.15. The van der Waals surface area contributed by atoms with Crippen LogP contribution in [0, 0.1) is 6.92 Å². The minimum absolute atomic E-state index is 0.135. The molecule has 4 rings (SSSR count). The molecule has 0 radical (unpaired) electrons. The molecule has 1 aliphatic rings. The second kappa shape index (κ2) is 10.8. The SMILES string of the molecule is Cc1nn(-c2ccccc2Cl)c(Cl)c1/C=N/NC(=O)CCN1CCN(c2ccccc2)CC1. The molecule has 3 aromatic rings. The molecule has 0 aliphatic carbocycles. The fourth-order valence-corrected chi connectivity index (χ4v) is 4.32. The minimum Gasteiger partial charge on any atom is -0.369 e. The third kappa shape index (κ3) is 5.74. The Balaban J connectivity index is 1.26. The third-order valence-corrected chi connectivity index (χ3v) is 6.34. The molecule has 9 heteroatoms. The fraction of sp³-hybridized carbons (Fsp3) is 0.292. The van der Waals surface area contributed by atoms with Crippen LogP contribution >= 0.6 is 23.2 Å². The van der Waals surface area contributed by atoms with Crippen molar-refractivity contribution in [3.63, 3.8) is 0 Å². The second-order valence-electron chi connectivity index (χ2n) is 7.86. The summed E-state index contributed by atoms with van der Waals surface area (Å²) in [4.78, 5) is 16.9. The Morgan fingerprint density at radius 1 is 1.06 bits per heavy atom. The number of nitrogens with one attached hydrogen (secondary N) is 1. The van der Waals surface area contributed by atoms with Crippen LogP contribution in [0.4, 0.5) is 5.69 Å². The molecule has 0 unspecified atom stereocenters. The minimum atomic E-state index is -0.135. The van der Waals surface area contributed by atoms with E-state index in [2.05, 4.69) is 49.7 Å². The molecule has 172 valence electrons. The quantitative estimate of drug-likeness (QED) is 0.404. The standard InChI is InChI=1S/C24H26Cl2N6O/c1-18-20(24(26)32(29-18)22-10-6-5-9-21(22)25)17-27-28-23(33)11-12-30-13-15-31(16-14-30)19-7-3-2-4-8-19/h2-10,17H,11-16H2,1H3,(H,28,33)/b27-17+. The van der Waals surface area contributed by atoms with Crippen molar-refractivity contribution < 1.29 is 4.79 Å². The van der Waals surface area contributed by atoms with Gasteiger partial charge in [-0.15, -0.1) is 0 Å². The monoisotopic (exact) mass is 484 g/mol. The first-order valence-electron chi connectivity index (χ1n) is 10.9. The summed E-state index contributed by atoms with van der Waals surface area (Å²) in [5.74, 6) is -0.135. The van der Waals surface area contributed by atoms with Crippen molar-refractivity contribution in [2.75, 3.05) is 37.6 Å². The molecule has 0 spiro atoms. The van der Waals surface area contributed by atoms with Crippen molar-refractivity contribution in [1.82, 2.24) is 20.1 Å². The number of anilines is 1. The second-order valence-corrected chi connectivity index (χ2v) is 8.63. The topological polar surface area (TPSA) is 65.8 Å². The summed E-state index contributed by atoms with van der Waals surface area (Å²) in [6.45, 7) is 6.31. The number of carbonyl (C=O) groups excluding carboxylic acids is 1. The third-order valence-electron chi connectivity index (χ3n) is 5.66. The number of hydrogen-bond donors (Lipinski definition) is 1. The van der Waals surface area contributed by atoms with Crippen LogP contribution in [-0.4, -0.2) is 59.5 Å². The average molecular weight is 485 g/mol. The number of halogens is 2. The summed E-state index contributed by atoms with van der Waals surface area (Å²) in [6, 6.07) is 17.7. The van der Waals surface area contributed by atoms with Gasteiger partial charge in [0, 0.05) is 44.8 Å². The van der Waals surface area contributed by atoms with Crippen molar-refractivity contribution in [2.24, 2.45) is 5.10 Å². The Kier molecular flexibility index (Phi) is 7.65. The Bertz CT molecular complexity index is 1120. The zero-order chi connectivity index (χ0) is 23.2. The van der Waals surface area contributed by atoms with Gasteiger partial charge >= 0.3 is 0 Å². The van der Waals surface area contributed by atoms with Crippen LogP contribution < -0.4 is 10.3 Å². The first kappa shape index (κ1) is 23.3. The number of hydrazone groups is 1. The van der Waals surface area contributed by atoms with Crippen LogP contribution in [0.1, 0.15) is 17.7 Å². The normalized spacial score (nSPS) is 14.7. The molecular formula is C24H26Cl2N6O. The molecule has 0 atom stereocenters. The van der Waals surface area contributed by atoms with E-state index >= 15 is 0 Å². The van der Waals surface area contributed by atoms with Crippen LogP contribution in [0.2, 0.25) is 10.2 Å². The molecule has 2 aromatic carbocycles. The number of aromatic nitrogens is 2. The van der Waals surface area contributed by atoms with Crippen molar-refractivity contribution in [3.05, 3.63) is 76.0 Å². The maximum absolute atomic E-state index is 12.3. The summed E-state index contributed by atoms with van der Waals surface area (Å²) in [6.07, 6.45) is 1.91. The van der Waals surface area contributed by atoms with Gasteiger partial charge in [0.1, 0.15) is 5.15 Å². The Labute approximate surface area is 203 Å². The number of piperazine rings is 1. The van der Waals surface area contributed by atoms with Crippen molar-refractivity contribution >= 4 is 41.0 Å². The molecule has 1 fully saturated rings. The summed E-state index contributed by atoms with van der Waals surface area (Å²) < 4.78 is 1.57. The van der Waals surface area contributed by atoms with Gasteiger partial charge < -0.3 is 4.90 Å². The van der Waals surface area contributed by atoms with Gasteiger partial charge in [0.05, 0.1) is 28.2 Å². The molecule has 1 aliphatic heterocycles. The van der Waals surface area contributed by atoms with E-state index in [-0.39, 0.29) is 5.91 Å². The lowest BCUT2D eigenvalue weighted by Crippen LogP contribution is -2.47. The molecule has 1 amide bonds. The zero-order valence-electron chi connectivity index (χ0n) is 18.4. The molecule has 1 N–H and O–H groups in total. The summed E-state index contributed by atoms with van der Waals surface area (Å²) in [7, 11) is 0. The maximum Gasteiger partial charge on any atom is 0.241 e. The highest BCUT2D eigenvalue weighted by molar-refractivity contribution is 6.34. The van der Waals surface area contributed by atoms with Gasteiger partial charge in [-0.25, -0.2) is 10.1 Å². The molecule has 33 heavy (non-hydrogen) atoms. The van der Waals surface area contributed by atoms with Crippen LogP contribution in [0.5, 0.6) is 0 Å². The molecule has 2 heterocycles. The van der Waals surface area contributed by atoms with E-state index in [1.807, 2.05) is 31.2 Å². The number of aryl methyl sites for hydroxylation is 1. The van der Waals surface area contributed by atoms with Gasteiger partial charge in [-0.1, -0.05) is 53.5 Å². The fourth-order valence-electron chi connectivity index (χ4n) is 3.79. The van der Waals surface area contributed by atoms with Crippen molar-refractivity contribution in [1.29, 1.82) is 0 Å². The first-order valence-corrected chi connectivity index (χ1v) is 11.6. The van der Waals surface area contributed by atoms with E-state index in [0.29, 0.717) is 40.1 Å². The lowest BCUT2D eigenvalue weighted by atomic mass is 10.2. The number of hydrogen-bond acceptors (Lipinski definition) is 5. The van der Waals surface area contributed by atoms with E-state index < -0.39 is 0 Å². The first-order chi connectivity index (χ1) is 16.0. The van der Waals surface area contributed by atoms with Gasteiger partial charge in [0.25, 0.3) is 0 Å². The van der Waals surface area contributed by atoms with Gasteiger partial charge in [-0.05, 0) is 31.2 Å². The Morgan fingerprint density at radius 3 is 2.48 bits per heavy atom. The summed E-state index contributed by atoms with van der Waals surface area (Å²) >= 11 is 12.8. The average Bonchev–Trinajstić information content (AvgIpc) is 3.12. The van der Waals surface area contributed by atoms with E-state index in [1.165, 1.54) is 11.9 Å². The van der Waals surface area contributed by atoms with Crippen molar-refractivity contribution in [2.45, 2.75) is 13.3 Å². The van der Waals surface area contributed by atoms with Crippen LogP contribution in [0.3, 0.4) is 0 Å². The highest BCUT2D eigenvalue weighted by atomic mass is 35.5. The Morgan fingerprint density at radius 2 is 1.76 bits per heavy atom. The summed E-state index contributed by atoms with van der Waals surface area (Å²) in [5.41, 5.74) is 5.84. The zero-order valence-corrected chi connectivity index (χ0v) is 19.9. The van der Waals surface area contributed by atoms with Crippen LogP contribution in [0.25, 0.3) is 5.69 Å². The number of rotatable bonds is 7. The number of para-hydroxylation sites is 2. The van der Waals surface area contributed by atoms with Crippen LogP contribution in [-0.2, 0) is 4.79 Å². The highest BCUT2D eigenvalue weighted by Gasteiger charge is 2.18. The smallest absolute Gasteiger partial charge is 0.241 e.